The molecule has 0 aliphatic heterocycles. The van der Waals surface area contributed by atoms with Crippen molar-refractivity contribution in [3.8, 4) is 0 Å². The van der Waals surface area contributed by atoms with Gasteiger partial charge < -0.3 is 15.8 Å². The average molecular weight is 255 g/mol. The Morgan fingerprint density at radius 2 is 2.00 bits per heavy atom. The summed E-state index contributed by atoms with van der Waals surface area (Å²) in [5, 5.41) is 11.5. The lowest BCUT2D eigenvalue weighted by molar-refractivity contribution is -0.138. The smallest absolute Gasteiger partial charge is 0.225 e. The zero-order valence-corrected chi connectivity index (χ0v) is 11.4. The molecule has 0 unspecified atom stereocenters. The summed E-state index contributed by atoms with van der Waals surface area (Å²) >= 11 is 0. The van der Waals surface area contributed by atoms with E-state index in [1.807, 2.05) is 18.7 Å². The number of amidine groups is 1. The van der Waals surface area contributed by atoms with Crippen LogP contribution in [0.2, 0.25) is 0 Å². The van der Waals surface area contributed by atoms with Gasteiger partial charge in [-0.2, -0.15) is 0 Å². The first-order valence-corrected chi connectivity index (χ1v) is 6.83. The van der Waals surface area contributed by atoms with Crippen molar-refractivity contribution in [2.45, 2.75) is 58.4 Å². The first-order valence-electron chi connectivity index (χ1n) is 6.83. The summed E-state index contributed by atoms with van der Waals surface area (Å²) in [6.07, 6.45) is 5.99. The van der Waals surface area contributed by atoms with Crippen LogP contribution < -0.4 is 5.73 Å². The maximum absolute atomic E-state index is 12.4. The topological polar surface area (TPSA) is 78.9 Å². The normalized spacial score (nSPS) is 18.1. The summed E-state index contributed by atoms with van der Waals surface area (Å²) in [5.74, 6) is 0.584. The van der Waals surface area contributed by atoms with Crippen molar-refractivity contribution in [2.24, 2.45) is 16.8 Å². The van der Waals surface area contributed by atoms with Crippen molar-refractivity contribution in [2.75, 3.05) is 6.54 Å². The van der Waals surface area contributed by atoms with E-state index in [1.165, 1.54) is 6.42 Å². The van der Waals surface area contributed by atoms with Crippen LogP contribution in [0, 0.1) is 5.92 Å². The first-order chi connectivity index (χ1) is 8.56. The Hall–Kier alpha value is -1.26. The molecule has 0 atom stereocenters. The molecular formula is C13H25N3O2. The molecule has 104 valence electrons. The molecule has 5 nitrogen and oxygen atoms in total. The van der Waals surface area contributed by atoms with E-state index in [0.717, 1.165) is 25.7 Å². The Kier molecular flexibility index (Phi) is 5.95. The largest absolute Gasteiger partial charge is 0.409 e. The first kappa shape index (κ1) is 14.8. The fourth-order valence-corrected chi connectivity index (χ4v) is 2.49. The van der Waals surface area contributed by atoms with Gasteiger partial charge in [0.15, 0.2) is 0 Å². The molecule has 0 spiro atoms. The fourth-order valence-electron chi connectivity index (χ4n) is 2.49. The third kappa shape index (κ3) is 4.20. The van der Waals surface area contributed by atoms with E-state index in [2.05, 4.69) is 5.16 Å². The third-order valence-corrected chi connectivity index (χ3v) is 3.60. The van der Waals surface area contributed by atoms with E-state index in [4.69, 9.17) is 10.9 Å². The van der Waals surface area contributed by atoms with Crippen LogP contribution in [0.25, 0.3) is 0 Å². The van der Waals surface area contributed by atoms with Crippen LogP contribution in [0.4, 0.5) is 0 Å². The summed E-state index contributed by atoms with van der Waals surface area (Å²) < 4.78 is 0. The predicted octanol–water partition coefficient (Wildman–Crippen LogP) is 1.94. The highest BCUT2D eigenvalue weighted by Crippen LogP contribution is 2.26. The summed E-state index contributed by atoms with van der Waals surface area (Å²) in [5.41, 5.74) is 5.46. The Bertz CT molecular complexity index is 297. The van der Waals surface area contributed by atoms with Crippen molar-refractivity contribution in [1.29, 1.82) is 0 Å². The van der Waals surface area contributed by atoms with E-state index in [0.29, 0.717) is 13.0 Å². The van der Waals surface area contributed by atoms with Crippen LogP contribution in [-0.2, 0) is 4.79 Å². The maximum atomic E-state index is 12.4. The number of carbonyl (C=O) groups excluding carboxylic acids is 1. The Balaban J connectivity index is 2.57. The highest BCUT2D eigenvalue weighted by atomic mass is 16.4. The zero-order chi connectivity index (χ0) is 13.5. The quantitative estimate of drug-likeness (QED) is 0.341. The molecule has 1 rings (SSSR count). The molecular weight excluding hydrogens is 230 g/mol. The van der Waals surface area contributed by atoms with E-state index >= 15 is 0 Å². The number of nitrogens with zero attached hydrogens (tertiary/aromatic N) is 2. The van der Waals surface area contributed by atoms with Crippen LogP contribution in [0.5, 0.6) is 0 Å². The van der Waals surface area contributed by atoms with Crippen molar-refractivity contribution >= 4 is 11.7 Å². The summed E-state index contributed by atoms with van der Waals surface area (Å²) in [4.78, 5) is 14.3. The van der Waals surface area contributed by atoms with Crippen LogP contribution in [0.1, 0.15) is 52.4 Å². The van der Waals surface area contributed by atoms with Gasteiger partial charge in [0.25, 0.3) is 0 Å². The molecule has 18 heavy (non-hydrogen) atoms. The molecule has 1 fully saturated rings. The average Bonchev–Trinajstić information content (AvgIpc) is 2.39. The highest BCUT2D eigenvalue weighted by molar-refractivity contribution is 5.82. The van der Waals surface area contributed by atoms with E-state index in [-0.39, 0.29) is 23.7 Å². The van der Waals surface area contributed by atoms with E-state index in [1.54, 1.807) is 0 Å². The van der Waals surface area contributed by atoms with Gasteiger partial charge >= 0.3 is 0 Å². The molecule has 1 aliphatic rings. The van der Waals surface area contributed by atoms with Gasteiger partial charge in [0.2, 0.25) is 5.91 Å². The minimum atomic E-state index is 0.158. The summed E-state index contributed by atoms with van der Waals surface area (Å²) in [6, 6.07) is 0.158. The molecule has 0 aromatic heterocycles. The second-order valence-electron chi connectivity index (χ2n) is 5.30. The minimum absolute atomic E-state index is 0.158. The number of carbonyl (C=O) groups is 1. The Morgan fingerprint density at radius 3 is 2.50 bits per heavy atom. The minimum Gasteiger partial charge on any atom is -0.409 e. The number of rotatable bonds is 5. The third-order valence-electron chi connectivity index (χ3n) is 3.60. The van der Waals surface area contributed by atoms with Crippen molar-refractivity contribution in [3.63, 3.8) is 0 Å². The second kappa shape index (κ2) is 7.24. The van der Waals surface area contributed by atoms with Crippen molar-refractivity contribution < 1.29 is 10.0 Å². The molecule has 0 radical (unpaired) electrons. The van der Waals surface area contributed by atoms with Crippen molar-refractivity contribution in [1.82, 2.24) is 4.90 Å². The number of amides is 1. The lowest BCUT2D eigenvalue weighted by atomic mass is 9.88. The molecule has 0 bridgehead atoms. The molecule has 1 saturated carbocycles. The van der Waals surface area contributed by atoms with Gasteiger partial charge in [-0.25, -0.2) is 0 Å². The van der Waals surface area contributed by atoms with Gasteiger partial charge in [-0.3, -0.25) is 4.79 Å². The Morgan fingerprint density at radius 1 is 1.39 bits per heavy atom. The van der Waals surface area contributed by atoms with Crippen LogP contribution >= 0.6 is 0 Å². The highest BCUT2D eigenvalue weighted by Gasteiger charge is 2.27. The lowest BCUT2D eigenvalue weighted by Crippen LogP contribution is -2.43. The monoisotopic (exact) mass is 255 g/mol. The molecule has 1 aliphatic carbocycles. The molecule has 5 heteroatoms. The number of hydrogen-bond acceptors (Lipinski definition) is 3. The molecule has 0 aromatic rings. The lowest BCUT2D eigenvalue weighted by Gasteiger charge is -2.32. The Labute approximate surface area is 109 Å². The summed E-state index contributed by atoms with van der Waals surface area (Å²) in [7, 11) is 0. The maximum Gasteiger partial charge on any atom is 0.225 e. The van der Waals surface area contributed by atoms with Gasteiger partial charge in [-0.1, -0.05) is 24.4 Å². The van der Waals surface area contributed by atoms with E-state index < -0.39 is 0 Å². The number of nitrogens with two attached hydrogens (primary N) is 1. The molecule has 3 N–H and O–H groups in total. The van der Waals surface area contributed by atoms with Gasteiger partial charge in [-0.05, 0) is 26.7 Å². The van der Waals surface area contributed by atoms with Gasteiger partial charge in [0, 0.05) is 24.9 Å². The van der Waals surface area contributed by atoms with Crippen LogP contribution in [0.15, 0.2) is 5.16 Å². The SMILES string of the molecule is CC(C)N(CCC(N)=NO)C(=O)C1CCCCC1. The van der Waals surface area contributed by atoms with Gasteiger partial charge in [0.1, 0.15) is 5.84 Å². The predicted molar refractivity (Wildman–Crippen MR) is 71.4 cm³/mol. The number of oxime groups is 1. The zero-order valence-electron chi connectivity index (χ0n) is 11.4. The van der Waals surface area contributed by atoms with Crippen molar-refractivity contribution in [3.05, 3.63) is 0 Å². The second-order valence-corrected chi connectivity index (χ2v) is 5.30. The van der Waals surface area contributed by atoms with Gasteiger partial charge in [-0.15, -0.1) is 0 Å². The van der Waals surface area contributed by atoms with Crippen LogP contribution in [0.3, 0.4) is 0 Å². The molecule has 1 amide bonds. The molecule has 0 aromatic carbocycles. The molecule has 0 saturated heterocycles. The van der Waals surface area contributed by atoms with Gasteiger partial charge in [0.05, 0.1) is 0 Å². The van der Waals surface area contributed by atoms with Crippen LogP contribution in [-0.4, -0.2) is 34.4 Å². The summed E-state index contributed by atoms with van der Waals surface area (Å²) in [6.45, 7) is 4.54. The van der Waals surface area contributed by atoms with E-state index in [9.17, 15) is 4.79 Å². The number of hydrogen-bond donors (Lipinski definition) is 2. The molecule has 0 heterocycles. The standard InChI is InChI=1S/C13H25N3O2/c1-10(2)16(9-8-12(14)15-18)13(17)11-6-4-3-5-7-11/h10-11,18H,3-9H2,1-2H3,(H2,14,15). The fraction of sp³-hybridized carbons (Fsp3) is 0.846.